The van der Waals surface area contributed by atoms with Gasteiger partial charge in [0.1, 0.15) is 11.5 Å². The van der Waals surface area contributed by atoms with Crippen molar-refractivity contribution in [3.63, 3.8) is 0 Å². The highest BCUT2D eigenvalue weighted by molar-refractivity contribution is 9.11. The first-order chi connectivity index (χ1) is 13.9. The Bertz CT molecular complexity index is 1030. The summed E-state index contributed by atoms with van der Waals surface area (Å²) in [5.41, 5.74) is 5.47. The molecule has 2 amide bonds. The fraction of sp³-hybridized carbons (Fsp3) is 0.143. The first-order valence-electron chi connectivity index (χ1n) is 8.70. The van der Waals surface area contributed by atoms with Crippen LogP contribution in [-0.2, 0) is 9.59 Å². The maximum atomic E-state index is 11.9. The lowest BCUT2D eigenvalue weighted by Gasteiger charge is -2.12. The fourth-order valence-electron chi connectivity index (χ4n) is 2.63. The van der Waals surface area contributed by atoms with Crippen LogP contribution < -0.4 is 20.3 Å². The van der Waals surface area contributed by atoms with E-state index in [0.29, 0.717) is 11.5 Å². The predicted molar refractivity (Wildman–Crippen MR) is 118 cm³/mol. The van der Waals surface area contributed by atoms with E-state index in [1.165, 1.54) is 0 Å². The molecule has 3 aromatic rings. The highest BCUT2D eigenvalue weighted by atomic mass is 79.9. The quantitative estimate of drug-likeness (QED) is 0.475. The third-order valence-corrected chi connectivity index (χ3v) is 5.02. The number of hydrogen-bond donors (Lipinski definition) is 2. The lowest BCUT2D eigenvalue weighted by atomic mass is 10.1. The monoisotopic (exact) mass is 520 g/mol. The van der Waals surface area contributed by atoms with Gasteiger partial charge in [0.05, 0.1) is 4.47 Å². The highest BCUT2D eigenvalue weighted by Crippen LogP contribution is 2.32. The second-order valence-electron chi connectivity index (χ2n) is 6.22. The third kappa shape index (κ3) is 5.95. The SMILES string of the molecule is Cc1cc(Br)cc(Br)c1OCC(=O)NNC(=O)COc1ccc2ccccc2c1. The molecule has 0 saturated heterocycles. The maximum Gasteiger partial charge on any atom is 0.276 e. The minimum absolute atomic E-state index is 0.225. The number of aryl methyl sites for hydroxylation is 1. The van der Waals surface area contributed by atoms with E-state index in [2.05, 4.69) is 42.7 Å². The Kier molecular flexibility index (Phi) is 7.11. The highest BCUT2D eigenvalue weighted by Gasteiger charge is 2.11. The molecule has 0 unspecified atom stereocenters. The van der Waals surface area contributed by atoms with E-state index >= 15 is 0 Å². The zero-order valence-corrected chi connectivity index (χ0v) is 18.7. The summed E-state index contributed by atoms with van der Waals surface area (Å²) in [7, 11) is 0. The van der Waals surface area contributed by atoms with Crippen LogP contribution in [-0.4, -0.2) is 25.0 Å². The summed E-state index contributed by atoms with van der Waals surface area (Å²) in [6, 6.07) is 17.1. The molecule has 6 nitrogen and oxygen atoms in total. The van der Waals surface area contributed by atoms with Crippen LogP contribution in [0.2, 0.25) is 0 Å². The molecule has 0 atom stereocenters. The molecule has 0 radical (unpaired) electrons. The van der Waals surface area contributed by atoms with Gasteiger partial charge >= 0.3 is 0 Å². The van der Waals surface area contributed by atoms with Crippen LogP contribution in [0.1, 0.15) is 5.56 Å². The number of hydrogen-bond acceptors (Lipinski definition) is 4. The van der Waals surface area contributed by atoms with E-state index in [9.17, 15) is 9.59 Å². The van der Waals surface area contributed by atoms with Gasteiger partial charge in [-0.25, -0.2) is 0 Å². The number of benzene rings is 3. The summed E-state index contributed by atoms with van der Waals surface area (Å²) in [4.78, 5) is 23.8. The number of hydrazine groups is 1. The topological polar surface area (TPSA) is 76.7 Å². The van der Waals surface area contributed by atoms with Crippen LogP contribution in [0.3, 0.4) is 0 Å². The predicted octanol–water partition coefficient (Wildman–Crippen LogP) is 4.28. The van der Waals surface area contributed by atoms with Crippen molar-refractivity contribution in [3.8, 4) is 11.5 Å². The molecule has 0 aromatic heterocycles. The summed E-state index contributed by atoms with van der Waals surface area (Å²) in [6.45, 7) is 1.40. The molecule has 3 aromatic carbocycles. The summed E-state index contributed by atoms with van der Waals surface area (Å²) in [5, 5.41) is 2.11. The average molecular weight is 522 g/mol. The first-order valence-corrected chi connectivity index (χ1v) is 10.3. The third-order valence-electron chi connectivity index (χ3n) is 3.97. The molecule has 0 aliphatic carbocycles. The van der Waals surface area contributed by atoms with Gasteiger partial charge in [-0.15, -0.1) is 0 Å². The molecular weight excluding hydrogens is 504 g/mol. The summed E-state index contributed by atoms with van der Waals surface area (Å²) < 4.78 is 12.6. The van der Waals surface area contributed by atoms with E-state index in [1.807, 2.05) is 55.5 Å². The van der Waals surface area contributed by atoms with Crippen LogP contribution in [0.15, 0.2) is 63.5 Å². The Morgan fingerprint density at radius 2 is 1.52 bits per heavy atom. The van der Waals surface area contributed by atoms with E-state index in [1.54, 1.807) is 6.07 Å². The summed E-state index contributed by atoms with van der Waals surface area (Å²) in [6.07, 6.45) is 0. The van der Waals surface area contributed by atoms with Gasteiger partial charge in [-0.1, -0.05) is 46.3 Å². The molecule has 2 N–H and O–H groups in total. The average Bonchev–Trinajstić information content (AvgIpc) is 2.69. The van der Waals surface area contributed by atoms with Gasteiger partial charge in [-0.2, -0.15) is 0 Å². The Morgan fingerprint density at radius 1 is 0.862 bits per heavy atom. The van der Waals surface area contributed by atoms with Gasteiger partial charge in [0.25, 0.3) is 11.8 Å². The van der Waals surface area contributed by atoms with Gasteiger partial charge in [0.15, 0.2) is 13.2 Å². The largest absolute Gasteiger partial charge is 0.484 e. The van der Waals surface area contributed by atoms with Crippen molar-refractivity contribution in [2.24, 2.45) is 0 Å². The minimum Gasteiger partial charge on any atom is -0.484 e. The van der Waals surface area contributed by atoms with Crippen LogP contribution in [0.25, 0.3) is 10.8 Å². The zero-order valence-electron chi connectivity index (χ0n) is 15.5. The number of halogens is 2. The number of carbonyl (C=O) groups excluding carboxylic acids is 2. The lowest BCUT2D eigenvalue weighted by Crippen LogP contribution is -2.45. The van der Waals surface area contributed by atoms with Gasteiger partial charge in [0.2, 0.25) is 0 Å². The molecule has 150 valence electrons. The van der Waals surface area contributed by atoms with E-state index in [0.717, 1.165) is 25.3 Å². The molecule has 0 fully saturated rings. The van der Waals surface area contributed by atoms with Crippen molar-refractivity contribution >= 4 is 54.4 Å². The van der Waals surface area contributed by atoms with Gasteiger partial charge in [-0.3, -0.25) is 20.4 Å². The molecule has 0 aliphatic heterocycles. The molecule has 0 bridgehead atoms. The van der Waals surface area contributed by atoms with Crippen molar-refractivity contribution in [2.45, 2.75) is 6.92 Å². The lowest BCUT2D eigenvalue weighted by molar-refractivity contribution is -0.131. The van der Waals surface area contributed by atoms with Gasteiger partial charge in [0, 0.05) is 4.47 Å². The number of carbonyl (C=O) groups is 2. The molecule has 0 saturated carbocycles. The van der Waals surface area contributed by atoms with Crippen LogP contribution in [0.4, 0.5) is 0 Å². The van der Waals surface area contributed by atoms with Crippen molar-refractivity contribution < 1.29 is 19.1 Å². The van der Waals surface area contributed by atoms with Crippen LogP contribution in [0, 0.1) is 6.92 Å². The van der Waals surface area contributed by atoms with Gasteiger partial charge < -0.3 is 9.47 Å². The summed E-state index contributed by atoms with van der Waals surface area (Å²) >= 11 is 6.78. The van der Waals surface area contributed by atoms with E-state index in [4.69, 9.17) is 9.47 Å². The van der Waals surface area contributed by atoms with Crippen molar-refractivity contribution in [3.05, 3.63) is 69.1 Å². The normalized spacial score (nSPS) is 10.4. The number of nitrogens with one attached hydrogen (secondary N) is 2. The number of fused-ring (bicyclic) bond motifs is 1. The standard InChI is InChI=1S/C21H18Br2N2O4/c1-13-8-16(22)10-18(23)21(13)29-12-20(27)25-24-19(26)11-28-17-7-6-14-4-2-3-5-15(14)9-17/h2-10H,11-12H2,1H3,(H,24,26)(H,25,27). The Hall–Kier alpha value is -2.58. The molecule has 0 spiro atoms. The molecule has 3 rings (SSSR count). The van der Waals surface area contributed by atoms with Crippen molar-refractivity contribution in [1.82, 2.24) is 10.9 Å². The smallest absolute Gasteiger partial charge is 0.276 e. The molecule has 8 heteroatoms. The Balaban J connectivity index is 1.43. The zero-order chi connectivity index (χ0) is 20.8. The van der Waals surface area contributed by atoms with Gasteiger partial charge in [-0.05, 0) is 63.5 Å². The molecule has 0 aliphatic rings. The first kappa shape index (κ1) is 21.1. The van der Waals surface area contributed by atoms with E-state index < -0.39 is 11.8 Å². The number of rotatable bonds is 6. The molecule has 0 heterocycles. The Labute approximate surface area is 184 Å². The van der Waals surface area contributed by atoms with Crippen molar-refractivity contribution in [1.29, 1.82) is 0 Å². The molecular formula is C21H18Br2N2O4. The maximum absolute atomic E-state index is 11.9. The van der Waals surface area contributed by atoms with Crippen LogP contribution >= 0.6 is 31.9 Å². The van der Waals surface area contributed by atoms with Crippen molar-refractivity contribution in [2.75, 3.05) is 13.2 Å². The van der Waals surface area contributed by atoms with E-state index in [-0.39, 0.29) is 13.2 Å². The minimum atomic E-state index is -0.488. The molecule has 29 heavy (non-hydrogen) atoms. The second-order valence-corrected chi connectivity index (χ2v) is 7.99. The van der Waals surface area contributed by atoms with Crippen LogP contribution in [0.5, 0.6) is 11.5 Å². The number of amides is 2. The summed E-state index contributed by atoms with van der Waals surface area (Å²) in [5.74, 6) is 0.171. The Morgan fingerprint density at radius 3 is 2.21 bits per heavy atom. The fourth-order valence-corrected chi connectivity index (χ4v) is 4.18. The number of ether oxygens (including phenoxy) is 2. The second kappa shape index (κ2) is 9.76.